The van der Waals surface area contributed by atoms with E-state index in [9.17, 15) is 18.0 Å². The fourth-order valence-electron chi connectivity index (χ4n) is 4.59. The highest BCUT2D eigenvalue weighted by Gasteiger charge is 2.34. The number of nitrogens with two attached hydrogens (primary N) is 1. The topological polar surface area (TPSA) is 96.2 Å². The number of alkyl halides is 3. The predicted octanol–water partition coefficient (Wildman–Crippen LogP) is 4.60. The number of nitrogens with one attached hydrogen (secondary N) is 2. The van der Waals surface area contributed by atoms with Gasteiger partial charge in [0.05, 0.1) is 11.1 Å². The van der Waals surface area contributed by atoms with Crippen LogP contribution >= 0.6 is 0 Å². The van der Waals surface area contributed by atoms with Gasteiger partial charge in [-0.3, -0.25) is 14.7 Å². The van der Waals surface area contributed by atoms with E-state index in [1.165, 1.54) is 12.1 Å². The number of anilines is 2. The van der Waals surface area contributed by atoms with Crippen LogP contribution in [0.25, 0.3) is 10.9 Å². The Morgan fingerprint density at radius 1 is 1.07 bits per heavy atom. The Balaban J connectivity index is 1.38. The van der Waals surface area contributed by atoms with Gasteiger partial charge >= 0.3 is 6.18 Å². The Morgan fingerprint density at radius 2 is 1.85 bits per heavy atom. The lowest BCUT2D eigenvalue weighted by molar-refractivity contribution is -0.138. The van der Waals surface area contributed by atoms with E-state index in [-0.39, 0.29) is 23.4 Å². The number of carbonyl (C=O) groups excluding carboxylic acids is 1. The minimum atomic E-state index is -4.55. The number of carbonyl (C=O) groups is 1. The van der Waals surface area contributed by atoms with Gasteiger partial charge < -0.3 is 16.4 Å². The number of amides is 1. The van der Waals surface area contributed by atoms with Crippen LogP contribution < -0.4 is 16.4 Å². The number of pyridine rings is 2. The van der Waals surface area contributed by atoms with Crippen molar-refractivity contribution in [2.24, 2.45) is 0 Å². The normalized spacial score (nSPS) is 14.0. The fraction of sp³-hybridized carbons (Fsp3) is 0.233. The zero-order valence-corrected chi connectivity index (χ0v) is 21.8. The summed E-state index contributed by atoms with van der Waals surface area (Å²) in [4.78, 5) is 23.4. The number of aryl methyl sites for hydroxylation is 1. The van der Waals surface area contributed by atoms with Crippen LogP contribution in [0, 0.1) is 18.8 Å². The molecule has 4 N–H and O–H groups in total. The molecule has 0 radical (unpaired) electrons. The maximum Gasteiger partial charge on any atom is 0.416 e. The van der Waals surface area contributed by atoms with Crippen molar-refractivity contribution >= 4 is 28.3 Å². The van der Waals surface area contributed by atoms with Crippen LogP contribution in [0.1, 0.15) is 38.2 Å². The molecule has 2 aromatic heterocycles. The van der Waals surface area contributed by atoms with Crippen LogP contribution in [0.3, 0.4) is 0 Å². The molecule has 0 saturated carbocycles. The van der Waals surface area contributed by atoms with E-state index in [1.54, 1.807) is 36.7 Å². The number of hydrogen-bond donors (Lipinski definition) is 3. The molecule has 1 amide bonds. The van der Waals surface area contributed by atoms with Gasteiger partial charge in [0.1, 0.15) is 11.3 Å². The molecule has 1 aliphatic rings. The Hall–Kier alpha value is -4.46. The van der Waals surface area contributed by atoms with Crippen LogP contribution in [0.15, 0.2) is 60.9 Å². The molecule has 2 aromatic carbocycles. The molecule has 1 aliphatic heterocycles. The average molecular weight is 545 g/mol. The van der Waals surface area contributed by atoms with Gasteiger partial charge in [0.25, 0.3) is 5.91 Å². The first-order valence-corrected chi connectivity index (χ1v) is 12.8. The molecule has 5 rings (SSSR count). The van der Waals surface area contributed by atoms with Crippen molar-refractivity contribution in [3.8, 4) is 11.8 Å². The minimum Gasteiger partial charge on any atom is -0.382 e. The second kappa shape index (κ2) is 11.3. The summed E-state index contributed by atoms with van der Waals surface area (Å²) in [7, 11) is 0. The zero-order chi connectivity index (χ0) is 28.3. The van der Waals surface area contributed by atoms with E-state index in [2.05, 4.69) is 32.4 Å². The number of nitrogen functional groups attached to an aromatic ring is 1. The van der Waals surface area contributed by atoms with Gasteiger partial charge in [-0.1, -0.05) is 24.0 Å². The largest absolute Gasteiger partial charge is 0.416 e. The molecule has 0 atom stereocenters. The highest BCUT2D eigenvalue weighted by molar-refractivity contribution is 6.04. The molecule has 40 heavy (non-hydrogen) atoms. The van der Waals surface area contributed by atoms with Crippen LogP contribution in [0.5, 0.6) is 0 Å². The lowest BCUT2D eigenvalue weighted by Gasteiger charge is -2.28. The third-order valence-corrected chi connectivity index (χ3v) is 6.78. The fourth-order valence-corrected chi connectivity index (χ4v) is 4.59. The molecule has 0 unspecified atom stereocenters. The third kappa shape index (κ3) is 6.06. The lowest BCUT2D eigenvalue weighted by Crippen LogP contribution is -2.43. The van der Waals surface area contributed by atoms with Gasteiger partial charge in [0.2, 0.25) is 0 Å². The minimum absolute atomic E-state index is 0.0708. The number of halogens is 3. The first-order chi connectivity index (χ1) is 19.2. The second-order valence-corrected chi connectivity index (χ2v) is 9.59. The first kappa shape index (κ1) is 27.1. The van der Waals surface area contributed by atoms with Crippen LogP contribution in [-0.4, -0.2) is 47.0 Å². The monoisotopic (exact) mass is 544 g/mol. The summed E-state index contributed by atoms with van der Waals surface area (Å²) in [6.07, 6.45) is -1.35. The number of rotatable bonds is 4. The molecule has 0 aliphatic carbocycles. The van der Waals surface area contributed by atoms with Gasteiger partial charge in [-0.25, -0.2) is 4.98 Å². The Morgan fingerprint density at radius 3 is 2.62 bits per heavy atom. The maximum atomic E-state index is 13.9. The molecule has 0 spiro atoms. The van der Waals surface area contributed by atoms with Crippen molar-refractivity contribution in [1.82, 2.24) is 20.2 Å². The number of nitrogens with zero attached hydrogens (tertiary/aromatic N) is 3. The summed E-state index contributed by atoms with van der Waals surface area (Å²) < 4.78 is 41.7. The molecular formula is C30H27F3N6O. The lowest BCUT2D eigenvalue weighted by atomic mass is 10.0. The van der Waals surface area contributed by atoms with Gasteiger partial charge in [-0.15, -0.1) is 0 Å². The maximum absolute atomic E-state index is 13.9. The van der Waals surface area contributed by atoms with Crippen molar-refractivity contribution in [3.63, 3.8) is 0 Å². The standard InChI is InChI=1S/C30H27F3N6O/c1-19-4-5-21(15-20(19)6-7-22-17-37-28(34)27-25(22)3-2-10-36-27)29(40)38-24-9-8-23(26(16-24)30(31,32)33)18-39-13-11-35-12-14-39/h2-5,8-10,15-17,35H,11-14,18H2,1H3,(H2,34,37)(H,38,40). The molecule has 3 heterocycles. The van der Waals surface area contributed by atoms with E-state index < -0.39 is 17.6 Å². The van der Waals surface area contributed by atoms with Crippen molar-refractivity contribution < 1.29 is 18.0 Å². The van der Waals surface area contributed by atoms with Crippen LogP contribution in [0.2, 0.25) is 0 Å². The molecule has 4 aromatic rings. The first-order valence-electron chi connectivity index (χ1n) is 12.8. The number of fused-ring (bicyclic) bond motifs is 1. The summed E-state index contributed by atoms with van der Waals surface area (Å²) in [5, 5.41) is 6.56. The van der Waals surface area contributed by atoms with Crippen molar-refractivity contribution in [3.05, 3.63) is 94.3 Å². The predicted molar refractivity (Wildman–Crippen MR) is 149 cm³/mol. The molecule has 1 saturated heterocycles. The molecule has 7 nitrogen and oxygen atoms in total. The van der Waals surface area contributed by atoms with Gasteiger partial charge in [-0.05, 0) is 54.4 Å². The third-order valence-electron chi connectivity index (χ3n) is 6.78. The van der Waals surface area contributed by atoms with E-state index in [1.807, 2.05) is 17.9 Å². The molecule has 10 heteroatoms. The zero-order valence-electron chi connectivity index (χ0n) is 21.8. The Kier molecular flexibility index (Phi) is 7.69. The quantitative estimate of drug-likeness (QED) is 0.325. The molecule has 1 fully saturated rings. The number of hydrogen-bond acceptors (Lipinski definition) is 6. The van der Waals surface area contributed by atoms with Crippen LogP contribution in [-0.2, 0) is 12.7 Å². The van der Waals surface area contributed by atoms with Gasteiger partial charge in [0, 0.05) is 67.3 Å². The summed E-state index contributed by atoms with van der Waals surface area (Å²) in [6.45, 7) is 4.89. The second-order valence-electron chi connectivity index (χ2n) is 9.59. The highest BCUT2D eigenvalue weighted by Crippen LogP contribution is 2.34. The molecule has 204 valence electrons. The summed E-state index contributed by atoms with van der Waals surface area (Å²) in [6, 6.07) is 12.6. The van der Waals surface area contributed by atoms with E-state index in [4.69, 9.17) is 5.73 Å². The summed E-state index contributed by atoms with van der Waals surface area (Å²) in [5.74, 6) is 5.93. The highest BCUT2D eigenvalue weighted by atomic mass is 19.4. The van der Waals surface area contributed by atoms with E-state index in [0.717, 1.165) is 30.1 Å². The average Bonchev–Trinajstić information content (AvgIpc) is 2.94. The van der Waals surface area contributed by atoms with E-state index in [0.29, 0.717) is 35.6 Å². The Labute approximate surface area is 229 Å². The van der Waals surface area contributed by atoms with Crippen molar-refractivity contribution in [2.45, 2.75) is 19.6 Å². The Bertz CT molecular complexity index is 1630. The number of piperazine rings is 1. The smallest absolute Gasteiger partial charge is 0.382 e. The van der Waals surface area contributed by atoms with Crippen molar-refractivity contribution in [1.29, 1.82) is 0 Å². The van der Waals surface area contributed by atoms with Gasteiger partial charge in [-0.2, -0.15) is 13.2 Å². The number of aromatic nitrogens is 2. The summed E-state index contributed by atoms with van der Waals surface area (Å²) >= 11 is 0. The van der Waals surface area contributed by atoms with Gasteiger partial charge in [0.15, 0.2) is 0 Å². The van der Waals surface area contributed by atoms with Crippen LogP contribution in [0.4, 0.5) is 24.7 Å². The molecular weight excluding hydrogens is 517 g/mol. The SMILES string of the molecule is Cc1ccc(C(=O)Nc2ccc(CN3CCNCC3)c(C(F)(F)F)c2)cc1C#Cc1cnc(N)c2ncccc12. The van der Waals surface area contributed by atoms with Crippen molar-refractivity contribution in [2.75, 3.05) is 37.2 Å². The van der Waals surface area contributed by atoms with E-state index >= 15 is 0 Å². The summed E-state index contributed by atoms with van der Waals surface area (Å²) in [5.41, 5.74) is 8.32. The number of benzene rings is 2. The molecule has 0 bridgehead atoms.